The van der Waals surface area contributed by atoms with Gasteiger partial charge in [-0.15, -0.1) is 0 Å². The van der Waals surface area contributed by atoms with Gasteiger partial charge in [-0.3, -0.25) is 14.6 Å². The van der Waals surface area contributed by atoms with Crippen molar-refractivity contribution < 1.29 is 28.8 Å². The van der Waals surface area contributed by atoms with Gasteiger partial charge in [-0.25, -0.2) is 9.36 Å². The molecule has 0 aliphatic carbocycles. The van der Waals surface area contributed by atoms with Crippen molar-refractivity contribution in [3.05, 3.63) is 82.2 Å². The molecule has 1 aliphatic rings. The Morgan fingerprint density at radius 2 is 1.85 bits per heavy atom. The van der Waals surface area contributed by atoms with Crippen LogP contribution in [0.1, 0.15) is 78.6 Å². The minimum absolute atomic E-state index is 0.0124. The van der Waals surface area contributed by atoms with Crippen LogP contribution in [-0.4, -0.2) is 50.8 Å². The number of Topliss-reactive ketones (excluding diaryl/α,β-unsaturated/α-hetero) is 1. The van der Waals surface area contributed by atoms with Crippen molar-refractivity contribution in [1.82, 2.24) is 14.9 Å². The topological polar surface area (TPSA) is 119 Å². The fraction of sp³-hybridized carbons (Fsp3) is 0.400. The number of imidazole rings is 1. The van der Waals surface area contributed by atoms with Crippen LogP contribution in [0.3, 0.4) is 0 Å². The number of amides is 1. The Morgan fingerprint density at radius 1 is 1.15 bits per heavy atom. The number of aliphatic hydroxyl groups excluding tert-OH is 1. The third kappa shape index (κ3) is 5.39. The van der Waals surface area contributed by atoms with Crippen LogP contribution < -0.4 is 4.57 Å². The lowest BCUT2D eigenvalue weighted by molar-refractivity contribution is -0.695. The molecule has 2 aromatic heterocycles. The Bertz CT molecular complexity index is 1410. The molecule has 9 heteroatoms. The molecule has 206 valence electrons. The number of carbonyl (C=O) groups excluding carboxylic acids is 3. The molecule has 1 unspecified atom stereocenters. The number of ketones is 1. The Balaban J connectivity index is 1.80. The first-order valence-corrected chi connectivity index (χ1v) is 13.2. The first kappa shape index (κ1) is 27.9. The van der Waals surface area contributed by atoms with Gasteiger partial charge in [0.1, 0.15) is 23.8 Å². The molecule has 1 fully saturated rings. The van der Waals surface area contributed by atoms with E-state index in [4.69, 9.17) is 4.74 Å². The average Bonchev–Trinajstić information content (AvgIpc) is 3.57. The minimum Gasteiger partial charge on any atom is -0.507 e. The highest BCUT2D eigenvalue weighted by Crippen LogP contribution is 2.41. The summed E-state index contributed by atoms with van der Waals surface area (Å²) in [5.74, 6) is -2.25. The summed E-state index contributed by atoms with van der Waals surface area (Å²) in [6.07, 6.45) is 6.15. The summed E-state index contributed by atoms with van der Waals surface area (Å²) in [6, 6.07) is 7.06. The molecule has 0 bridgehead atoms. The van der Waals surface area contributed by atoms with Crippen LogP contribution in [-0.2, 0) is 26.3 Å². The predicted molar refractivity (Wildman–Crippen MR) is 146 cm³/mol. The number of benzene rings is 1. The smallest absolute Gasteiger partial charge is 0.355 e. The van der Waals surface area contributed by atoms with E-state index in [2.05, 4.69) is 30.7 Å². The van der Waals surface area contributed by atoms with Crippen LogP contribution >= 0.6 is 0 Å². The number of aromatic nitrogens is 3. The number of carbonyl (C=O) groups is 3. The van der Waals surface area contributed by atoms with Crippen LogP contribution in [0.15, 0.2) is 48.6 Å². The zero-order chi connectivity index (χ0) is 28.5. The van der Waals surface area contributed by atoms with Crippen LogP contribution in [0.5, 0.6) is 0 Å². The van der Waals surface area contributed by atoms with Crippen molar-refractivity contribution in [2.24, 2.45) is 0 Å². The molecule has 9 nitrogen and oxygen atoms in total. The lowest BCUT2D eigenvalue weighted by atomic mass is 9.85. The van der Waals surface area contributed by atoms with Gasteiger partial charge in [-0.05, 0) is 42.9 Å². The number of rotatable bonds is 8. The van der Waals surface area contributed by atoms with Crippen molar-refractivity contribution in [1.29, 1.82) is 0 Å². The molecule has 1 aliphatic heterocycles. The van der Waals surface area contributed by atoms with Gasteiger partial charge in [0.05, 0.1) is 24.8 Å². The fourth-order valence-electron chi connectivity index (χ4n) is 5.15. The van der Waals surface area contributed by atoms with Crippen LogP contribution in [0.2, 0.25) is 0 Å². The average molecular weight is 534 g/mol. The van der Waals surface area contributed by atoms with E-state index < -0.39 is 23.7 Å². The summed E-state index contributed by atoms with van der Waals surface area (Å²) >= 11 is 0. The number of likely N-dealkylation sites (tertiary alicyclic amines) is 1. The molecule has 1 saturated heterocycles. The third-order valence-electron chi connectivity index (χ3n) is 7.20. The van der Waals surface area contributed by atoms with E-state index >= 15 is 0 Å². The summed E-state index contributed by atoms with van der Waals surface area (Å²) in [4.78, 5) is 46.8. The lowest BCUT2D eigenvalue weighted by Gasteiger charge is -2.26. The molecular formula is C30H37N4O5+. The Labute approximate surface area is 228 Å². The second kappa shape index (κ2) is 10.9. The van der Waals surface area contributed by atoms with Gasteiger partial charge >= 0.3 is 5.97 Å². The summed E-state index contributed by atoms with van der Waals surface area (Å²) in [5.41, 5.74) is 3.29. The number of esters is 1. The van der Waals surface area contributed by atoms with Gasteiger partial charge in [-0.1, -0.05) is 45.0 Å². The number of ether oxygens (including phenoxy) is 1. The van der Waals surface area contributed by atoms with Gasteiger partial charge in [0.25, 0.3) is 11.7 Å². The van der Waals surface area contributed by atoms with E-state index in [9.17, 15) is 19.5 Å². The number of hydrogen-bond donors (Lipinski definition) is 3. The largest absolute Gasteiger partial charge is 0.507 e. The molecule has 0 spiro atoms. The maximum Gasteiger partial charge on any atom is 0.355 e. The molecule has 1 aromatic carbocycles. The quantitative estimate of drug-likeness (QED) is 0.132. The van der Waals surface area contributed by atoms with Gasteiger partial charge < -0.3 is 19.7 Å². The van der Waals surface area contributed by atoms with Crippen LogP contribution in [0, 0.1) is 13.8 Å². The number of aromatic amines is 2. The Morgan fingerprint density at radius 3 is 2.44 bits per heavy atom. The number of H-pyrrole nitrogens is 2. The maximum atomic E-state index is 13.5. The van der Waals surface area contributed by atoms with Crippen molar-refractivity contribution in [3.8, 4) is 0 Å². The van der Waals surface area contributed by atoms with E-state index in [1.165, 1.54) is 4.90 Å². The highest BCUT2D eigenvalue weighted by atomic mass is 16.5. The number of aryl methyl sites for hydroxylation is 2. The highest BCUT2D eigenvalue weighted by Gasteiger charge is 2.46. The molecule has 1 amide bonds. The van der Waals surface area contributed by atoms with E-state index in [0.29, 0.717) is 36.3 Å². The Kier molecular flexibility index (Phi) is 7.81. The molecule has 3 aromatic rings. The standard InChI is InChI=1S/C30H36N4O5/c1-7-39-29(38)24-18(2)22(19(3)32-24)26(35)23-25(20-9-11-21(12-10-20)30(4,5)6)34(28(37)27(23)36)15-8-14-33-16-13-31-17-33/h9-13,16-17,25H,7-8,14-15H2,1-6H3,(H2,32,35,36,38)/p+1. The molecule has 0 saturated carbocycles. The molecular weight excluding hydrogens is 496 g/mol. The van der Waals surface area contributed by atoms with Crippen molar-refractivity contribution in [2.75, 3.05) is 13.2 Å². The van der Waals surface area contributed by atoms with Crippen molar-refractivity contribution in [3.63, 3.8) is 0 Å². The van der Waals surface area contributed by atoms with Crippen LogP contribution in [0.25, 0.3) is 5.76 Å². The van der Waals surface area contributed by atoms with E-state index in [1.54, 1.807) is 20.8 Å². The summed E-state index contributed by atoms with van der Waals surface area (Å²) < 4.78 is 7.11. The molecule has 3 N–H and O–H groups in total. The summed E-state index contributed by atoms with van der Waals surface area (Å²) in [5, 5.41) is 11.6. The summed E-state index contributed by atoms with van der Waals surface area (Å²) in [6.45, 7) is 12.6. The predicted octanol–water partition coefficient (Wildman–Crippen LogP) is 4.23. The number of aliphatic hydroxyl groups is 1. The first-order valence-electron chi connectivity index (χ1n) is 13.2. The molecule has 0 radical (unpaired) electrons. The molecule has 4 rings (SSSR count). The monoisotopic (exact) mass is 533 g/mol. The summed E-state index contributed by atoms with van der Waals surface area (Å²) in [7, 11) is 0. The molecule has 39 heavy (non-hydrogen) atoms. The molecule has 3 heterocycles. The van der Waals surface area contributed by atoms with E-state index in [-0.39, 0.29) is 29.0 Å². The third-order valence-corrected chi connectivity index (χ3v) is 7.20. The van der Waals surface area contributed by atoms with E-state index in [1.807, 2.05) is 47.6 Å². The zero-order valence-corrected chi connectivity index (χ0v) is 23.4. The number of hydrogen-bond acceptors (Lipinski definition) is 5. The normalized spacial score (nSPS) is 17.2. The van der Waals surface area contributed by atoms with Gasteiger partial charge in [0.2, 0.25) is 6.33 Å². The lowest BCUT2D eigenvalue weighted by Crippen LogP contribution is -2.36. The first-order chi connectivity index (χ1) is 18.5. The SMILES string of the molecule is CCOC(=O)c1[nH]c(C)c(C(O)=C2C(=O)C(=O)N(CCC[n+]3cc[nH]c3)C2c2ccc(C(C)(C)C)cc2)c1C. The second-order valence-electron chi connectivity index (χ2n) is 10.9. The maximum absolute atomic E-state index is 13.5. The Hall–Kier alpha value is -4.14. The molecule has 1 atom stereocenters. The van der Waals surface area contributed by atoms with Gasteiger partial charge in [-0.2, -0.15) is 0 Å². The minimum atomic E-state index is -0.769. The number of nitrogens with one attached hydrogen (secondary N) is 2. The van der Waals surface area contributed by atoms with Gasteiger partial charge in [0.15, 0.2) is 0 Å². The van der Waals surface area contributed by atoms with E-state index in [0.717, 1.165) is 11.1 Å². The van der Waals surface area contributed by atoms with Crippen molar-refractivity contribution in [2.45, 2.75) is 66.0 Å². The van der Waals surface area contributed by atoms with Crippen molar-refractivity contribution >= 4 is 23.4 Å². The van der Waals surface area contributed by atoms with Gasteiger partial charge in [0, 0.05) is 24.2 Å². The zero-order valence-electron chi connectivity index (χ0n) is 23.4. The fourth-order valence-corrected chi connectivity index (χ4v) is 5.15. The highest BCUT2D eigenvalue weighted by molar-refractivity contribution is 6.46. The number of nitrogens with zero attached hydrogens (tertiary/aromatic N) is 2. The van der Waals surface area contributed by atoms with Crippen LogP contribution in [0.4, 0.5) is 0 Å². The second-order valence-corrected chi connectivity index (χ2v) is 10.9.